The summed E-state index contributed by atoms with van der Waals surface area (Å²) in [6.07, 6.45) is 7.67. The summed E-state index contributed by atoms with van der Waals surface area (Å²) >= 11 is 0. The monoisotopic (exact) mass is 682 g/mol. The summed E-state index contributed by atoms with van der Waals surface area (Å²) in [6.45, 7) is 18.1. The molecule has 1 aliphatic rings. The highest BCUT2D eigenvalue weighted by Gasteiger charge is 2.42. The average Bonchev–Trinajstić information content (AvgIpc) is 3.05. The second kappa shape index (κ2) is 20.4. The molecule has 0 radical (unpaired) electrons. The third-order valence-electron chi connectivity index (χ3n) is 7.38. The van der Waals surface area contributed by atoms with Gasteiger partial charge in [-0.15, -0.1) is 0 Å². The highest BCUT2D eigenvalue weighted by atomic mass is 16.6. The lowest BCUT2D eigenvalue weighted by Gasteiger charge is -2.46. The van der Waals surface area contributed by atoms with E-state index in [4.69, 9.17) is 28.4 Å². The van der Waals surface area contributed by atoms with Crippen molar-refractivity contribution in [3.8, 4) is 5.75 Å². The third-order valence-corrected chi connectivity index (χ3v) is 7.38. The molecule has 0 spiro atoms. The molecule has 1 aliphatic carbocycles. The number of para-hydroxylation sites is 1. The van der Waals surface area contributed by atoms with Gasteiger partial charge in [0.25, 0.3) is 0 Å². The molecule has 268 valence electrons. The van der Waals surface area contributed by atoms with Gasteiger partial charge in [0.05, 0.1) is 5.76 Å². The molecule has 0 bridgehead atoms. The van der Waals surface area contributed by atoms with Crippen molar-refractivity contribution in [3.05, 3.63) is 92.3 Å². The number of hydrogen-bond acceptors (Lipinski definition) is 10. The lowest BCUT2D eigenvalue weighted by atomic mass is 9.62. The lowest BCUT2D eigenvalue weighted by Crippen LogP contribution is -2.51. The second-order valence-corrected chi connectivity index (χ2v) is 12.8. The number of rotatable bonds is 19. The predicted octanol–water partition coefficient (Wildman–Crippen LogP) is 5.96. The lowest BCUT2D eigenvalue weighted by molar-refractivity contribution is -0.142. The van der Waals surface area contributed by atoms with Gasteiger partial charge in [-0.25, -0.2) is 19.2 Å². The van der Waals surface area contributed by atoms with Crippen molar-refractivity contribution in [2.24, 2.45) is 10.8 Å². The van der Waals surface area contributed by atoms with Crippen molar-refractivity contribution in [2.75, 3.05) is 33.0 Å². The molecule has 0 aromatic heterocycles. The van der Waals surface area contributed by atoms with E-state index in [0.717, 1.165) is 18.6 Å². The first-order valence-electron chi connectivity index (χ1n) is 16.0. The summed E-state index contributed by atoms with van der Waals surface area (Å²) in [6, 6.07) is 8.69. The van der Waals surface area contributed by atoms with Crippen molar-refractivity contribution in [3.63, 3.8) is 0 Å². The summed E-state index contributed by atoms with van der Waals surface area (Å²) in [5, 5.41) is 5.78. The van der Waals surface area contributed by atoms with Crippen LogP contribution < -0.4 is 15.4 Å². The number of benzene rings is 1. The van der Waals surface area contributed by atoms with Crippen molar-refractivity contribution in [1.29, 1.82) is 0 Å². The SMILES string of the molecule is C=C/C=C\C=C(/C)OCC(COC(=O)C=C)OC(=O)NC1CC(C)(C)CC(C)(CNC(=O)OC(COC(=O)C=C)COc2ccccc2)C1. The maximum Gasteiger partial charge on any atom is 0.407 e. The molecule has 0 aliphatic heterocycles. The van der Waals surface area contributed by atoms with E-state index in [-0.39, 0.29) is 44.4 Å². The van der Waals surface area contributed by atoms with Gasteiger partial charge < -0.3 is 39.1 Å². The Labute approximate surface area is 289 Å². The van der Waals surface area contributed by atoms with Crippen molar-refractivity contribution >= 4 is 24.1 Å². The Morgan fingerprint density at radius 2 is 1.43 bits per heavy atom. The van der Waals surface area contributed by atoms with Gasteiger partial charge in [0.1, 0.15) is 32.2 Å². The zero-order chi connectivity index (χ0) is 36.3. The number of carbonyl (C=O) groups is 4. The van der Waals surface area contributed by atoms with E-state index in [1.165, 1.54) is 0 Å². The Kier molecular flexibility index (Phi) is 16.7. The molecular formula is C37H50N2O10. The van der Waals surface area contributed by atoms with E-state index < -0.39 is 41.7 Å². The standard InChI is InChI=1S/C37H50N2O10/c1-8-11-13-16-27(4)44-21-30(23-46-32(40)9-2)49-35(43)39-28-19-36(5,6)25-37(7,20-28)26-38-34(42)48-31(24-47-33(41)10-3)22-45-29-17-14-12-15-18-29/h8-18,28,30-31H,1-3,19-26H2,4-7H3,(H,38,42)(H,39,43)/b13-11-,27-16+. The molecular weight excluding hydrogens is 632 g/mol. The molecule has 2 rings (SSSR count). The fraction of sp³-hybridized carbons (Fsp3) is 0.459. The number of amides is 2. The van der Waals surface area contributed by atoms with Crippen LogP contribution in [-0.4, -0.2) is 75.3 Å². The van der Waals surface area contributed by atoms with Crippen LogP contribution in [0.15, 0.2) is 92.3 Å². The Hall–Kier alpha value is -5.00. The number of alkyl carbamates (subject to hydrolysis) is 2. The predicted molar refractivity (Wildman–Crippen MR) is 184 cm³/mol. The molecule has 4 atom stereocenters. The Morgan fingerprint density at radius 3 is 2.04 bits per heavy atom. The van der Waals surface area contributed by atoms with Crippen LogP contribution in [0.2, 0.25) is 0 Å². The van der Waals surface area contributed by atoms with Crippen LogP contribution in [0.4, 0.5) is 9.59 Å². The van der Waals surface area contributed by atoms with Gasteiger partial charge in [-0.2, -0.15) is 0 Å². The van der Waals surface area contributed by atoms with Crippen molar-refractivity contribution < 1.29 is 47.6 Å². The number of ether oxygens (including phenoxy) is 6. The van der Waals surface area contributed by atoms with Gasteiger partial charge in [-0.05, 0) is 55.2 Å². The first-order valence-corrected chi connectivity index (χ1v) is 16.0. The highest BCUT2D eigenvalue weighted by Crippen LogP contribution is 2.45. The van der Waals surface area contributed by atoms with E-state index in [2.05, 4.69) is 44.2 Å². The molecule has 49 heavy (non-hydrogen) atoms. The molecule has 0 saturated heterocycles. The molecule has 1 fully saturated rings. The summed E-state index contributed by atoms with van der Waals surface area (Å²) in [7, 11) is 0. The molecule has 1 saturated carbocycles. The van der Waals surface area contributed by atoms with Crippen LogP contribution in [0.5, 0.6) is 5.75 Å². The van der Waals surface area contributed by atoms with Gasteiger partial charge in [0, 0.05) is 24.7 Å². The minimum Gasteiger partial charge on any atom is -0.494 e. The Balaban J connectivity index is 2.01. The van der Waals surface area contributed by atoms with E-state index in [1.54, 1.807) is 43.4 Å². The number of nitrogens with one attached hydrogen (secondary N) is 2. The first kappa shape index (κ1) is 40.2. The summed E-state index contributed by atoms with van der Waals surface area (Å²) in [5.74, 6) is -0.173. The molecule has 0 heterocycles. The quantitative estimate of drug-likeness (QED) is 0.0589. The second-order valence-electron chi connectivity index (χ2n) is 12.8. The van der Waals surface area contributed by atoms with Crippen molar-refractivity contribution in [2.45, 2.75) is 65.2 Å². The molecule has 1 aromatic carbocycles. The van der Waals surface area contributed by atoms with Crippen LogP contribution in [-0.2, 0) is 33.3 Å². The van der Waals surface area contributed by atoms with Crippen LogP contribution in [0.25, 0.3) is 0 Å². The van der Waals surface area contributed by atoms with Crippen molar-refractivity contribution in [1.82, 2.24) is 10.6 Å². The molecule has 2 N–H and O–H groups in total. The number of esters is 2. The van der Waals surface area contributed by atoms with E-state index in [9.17, 15) is 19.2 Å². The minimum absolute atomic E-state index is 0.0404. The number of hydrogen-bond donors (Lipinski definition) is 2. The zero-order valence-electron chi connectivity index (χ0n) is 28.9. The third kappa shape index (κ3) is 16.6. The molecule has 4 unspecified atom stereocenters. The number of allylic oxidation sites excluding steroid dienone is 5. The summed E-state index contributed by atoms with van der Waals surface area (Å²) < 4.78 is 32.8. The van der Waals surface area contributed by atoms with Crippen LogP contribution in [0.1, 0.15) is 47.0 Å². The Bertz CT molecular complexity index is 1340. The van der Waals surface area contributed by atoms with Gasteiger partial charge in [0.2, 0.25) is 0 Å². The van der Waals surface area contributed by atoms with Crippen LogP contribution in [0.3, 0.4) is 0 Å². The topological polar surface area (TPSA) is 148 Å². The molecule has 2 amide bonds. The largest absolute Gasteiger partial charge is 0.494 e. The maximum absolute atomic E-state index is 13.1. The smallest absolute Gasteiger partial charge is 0.407 e. The van der Waals surface area contributed by atoms with E-state index >= 15 is 0 Å². The first-order chi connectivity index (χ1) is 23.3. The van der Waals surface area contributed by atoms with Gasteiger partial charge in [0.15, 0.2) is 12.2 Å². The van der Waals surface area contributed by atoms with E-state index in [1.807, 2.05) is 25.1 Å². The van der Waals surface area contributed by atoms with Crippen LogP contribution in [0, 0.1) is 10.8 Å². The average molecular weight is 683 g/mol. The van der Waals surface area contributed by atoms with Gasteiger partial charge in [-0.3, -0.25) is 0 Å². The van der Waals surface area contributed by atoms with Gasteiger partial charge >= 0.3 is 24.1 Å². The summed E-state index contributed by atoms with van der Waals surface area (Å²) in [4.78, 5) is 49.3. The fourth-order valence-corrected chi connectivity index (χ4v) is 5.65. The van der Waals surface area contributed by atoms with Gasteiger partial charge in [-0.1, -0.05) is 76.9 Å². The number of carbonyl (C=O) groups excluding carboxylic acids is 4. The maximum atomic E-state index is 13.1. The summed E-state index contributed by atoms with van der Waals surface area (Å²) in [5.41, 5.74) is -0.614. The minimum atomic E-state index is -0.889. The van der Waals surface area contributed by atoms with Crippen LogP contribution >= 0.6 is 0 Å². The molecule has 12 heteroatoms. The highest BCUT2D eigenvalue weighted by molar-refractivity contribution is 5.81. The Morgan fingerprint density at radius 1 is 0.837 bits per heavy atom. The molecule has 12 nitrogen and oxygen atoms in total. The van der Waals surface area contributed by atoms with E-state index in [0.29, 0.717) is 24.4 Å². The normalized spacial score (nSPS) is 19.7. The molecule has 1 aromatic rings. The fourth-order valence-electron chi connectivity index (χ4n) is 5.65. The zero-order valence-corrected chi connectivity index (χ0v) is 28.9.